The Morgan fingerprint density at radius 1 is 1.17 bits per heavy atom. The summed E-state index contributed by atoms with van der Waals surface area (Å²) in [4.78, 5) is 34.2. The second-order valence-electron chi connectivity index (χ2n) is 5.22. The number of aliphatic carboxylic acids is 1. The first-order chi connectivity index (χ1) is 10.9. The van der Waals surface area contributed by atoms with Gasteiger partial charge in [-0.25, -0.2) is 0 Å². The molecule has 0 bridgehead atoms. The van der Waals surface area contributed by atoms with E-state index in [4.69, 9.17) is 10.8 Å². The number of carbonyl (C=O) groups is 3. The predicted molar refractivity (Wildman–Crippen MR) is 87.3 cm³/mol. The molecule has 126 valence electrons. The van der Waals surface area contributed by atoms with Crippen molar-refractivity contribution in [2.75, 3.05) is 18.4 Å². The van der Waals surface area contributed by atoms with Crippen molar-refractivity contribution in [3.05, 3.63) is 29.3 Å². The molecule has 2 amide bonds. The molecule has 0 unspecified atom stereocenters. The molecule has 0 atom stereocenters. The van der Waals surface area contributed by atoms with Crippen LogP contribution in [0.1, 0.15) is 41.6 Å². The maximum absolute atomic E-state index is 12.0. The Kier molecular flexibility index (Phi) is 7.76. The van der Waals surface area contributed by atoms with Gasteiger partial charge in [-0.2, -0.15) is 0 Å². The van der Waals surface area contributed by atoms with Crippen molar-refractivity contribution in [2.45, 2.75) is 32.6 Å². The van der Waals surface area contributed by atoms with Crippen molar-refractivity contribution >= 4 is 23.5 Å². The SMILES string of the molecule is Cc1ccc(C(=O)NCCC(=O)O)cc1NC(=O)CCCCN. The number of aryl methyl sites for hydroxylation is 1. The number of rotatable bonds is 9. The first-order valence-electron chi connectivity index (χ1n) is 7.54. The number of benzene rings is 1. The largest absolute Gasteiger partial charge is 0.481 e. The Morgan fingerprint density at radius 2 is 1.91 bits per heavy atom. The van der Waals surface area contributed by atoms with Gasteiger partial charge >= 0.3 is 5.97 Å². The van der Waals surface area contributed by atoms with Crippen LogP contribution in [0.5, 0.6) is 0 Å². The van der Waals surface area contributed by atoms with E-state index < -0.39 is 5.97 Å². The molecule has 0 fully saturated rings. The fourth-order valence-electron chi connectivity index (χ4n) is 1.93. The Balaban J connectivity index is 2.65. The quantitative estimate of drug-likeness (QED) is 0.510. The molecular formula is C16H23N3O4. The lowest BCUT2D eigenvalue weighted by Crippen LogP contribution is -2.26. The molecule has 1 aromatic carbocycles. The van der Waals surface area contributed by atoms with E-state index >= 15 is 0 Å². The molecule has 0 aromatic heterocycles. The molecule has 7 nitrogen and oxygen atoms in total. The second kappa shape index (κ2) is 9.58. The first kappa shape index (κ1) is 18.6. The number of carboxylic acids is 1. The van der Waals surface area contributed by atoms with Crippen LogP contribution in [-0.2, 0) is 9.59 Å². The second-order valence-corrected chi connectivity index (χ2v) is 5.22. The van der Waals surface area contributed by atoms with E-state index in [1.807, 2.05) is 6.92 Å². The molecule has 0 radical (unpaired) electrons. The van der Waals surface area contributed by atoms with E-state index in [1.165, 1.54) is 0 Å². The lowest BCUT2D eigenvalue weighted by Gasteiger charge is -2.11. The van der Waals surface area contributed by atoms with Gasteiger partial charge in [0.1, 0.15) is 0 Å². The van der Waals surface area contributed by atoms with Crippen LogP contribution < -0.4 is 16.4 Å². The maximum Gasteiger partial charge on any atom is 0.305 e. The number of hydrogen-bond acceptors (Lipinski definition) is 4. The average molecular weight is 321 g/mol. The van der Waals surface area contributed by atoms with Crippen LogP contribution in [0.25, 0.3) is 0 Å². The lowest BCUT2D eigenvalue weighted by molar-refractivity contribution is -0.136. The summed E-state index contributed by atoms with van der Waals surface area (Å²) in [6, 6.07) is 4.96. The first-order valence-corrected chi connectivity index (χ1v) is 7.54. The van der Waals surface area contributed by atoms with E-state index in [-0.39, 0.29) is 24.8 Å². The van der Waals surface area contributed by atoms with E-state index in [0.29, 0.717) is 24.2 Å². The Labute approximate surface area is 135 Å². The summed E-state index contributed by atoms with van der Waals surface area (Å²) in [6.07, 6.45) is 1.75. The van der Waals surface area contributed by atoms with Crippen LogP contribution in [0.3, 0.4) is 0 Å². The summed E-state index contributed by atoms with van der Waals surface area (Å²) in [5.74, 6) is -1.46. The molecule has 0 aliphatic heterocycles. The molecule has 0 spiro atoms. The van der Waals surface area contributed by atoms with Gasteiger partial charge in [-0.05, 0) is 44.0 Å². The van der Waals surface area contributed by atoms with Crippen molar-refractivity contribution in [3.8, 4) is 0 Å². The van der Waals surface area contributed by atoms with Crippen molar-refractivity contribution < 1.29 is 19.5 Å². The minimum atomic E-state index is -0.973. The van der Waals surface area contributed by atoms with E-state index in [9.17, 15) is 14.4 Å². The number of unbranched alkanes of at least 4 members (excludes halogenated alkanes) is 1. The molecule has 0 saturated carbocycles. The molecular weight excluding hydrogens is 298 g/mol. The Hall–Kier alpha value is -2.41. The lowest BCUT2D eigenvalue weighted by atomic mass is 10.1. The van der Waals surface area contributed by atoms with E-state index in [0.717, 1.165) is 18.4 Å². The molecule has 1 rings (SSSR count). The van der Waals surface area contributed by atoms with Crippen LogP contribution in [0.15, 0.2) is 18.2 Å². The fourth-order valence-corrected chi connectivity index (χ4v) is 1.93. The number of carboxylic acid groups (broad SMARTS) is 1. The molecule has 7 heteroatoms. The molecule has 1 aromatic rings. The summed E-state index contributed by atoms with van der Waals surface area (Å²) in [5, 5.41) is 13.9. The minimum Gasteiger partial charge on any atom is -0.481 e. The standard InChI is InChI=1S/C16H23N3O4/c1-11-5-6-12(16(23)18-9-7-15(21)22)10-13(11)19-14(20)4-2-3-8-17/h5-6,10H,2-4,7-9,17H2,1H3,(H,18,23)(H,19,20)(H,21,22). The van der Waals surface area contributed by atoms with Crippen molar-refractivity contribution in [1.29, 1.82) is 0 Å². The van der Waals surface area contributed by atoms with Crippen LogP contribution >= 0.6 is 0 Å². The zero-order chi connectivity index (χ0) is 17.2. The topological polar surface area (TPSA) is 122 Å². The van der Waals surface area contributed by atoms with Crippen molar-refractivity contribution in [1.82, 2.24) is 5.32 Å². The Morgan fingerprint density at radius 3 is 2.57 bits per heavy atom. The summed E-state index contributed by atoms with van der Waals surface area (Å²) in [5.41, 5.74) is 7.19. The fraction of sp³-hybridized carbons (Fsp3) is 0.438. The molecule has 5 N–H and O–H groups in total. The van der Waals surface area contributed by atoms with Gasteiger partial charge in [-0.3, -0.25) is 14.4 Å². The van der Waals surface area contributed by atoms with Crippen LogP contribution in [0, 0.1) is 6.92 Å². The highest BCUT2D eigenvalue weighted by molar-refractivity contribution is 5.97. The summed E-state index contributed by atoms with van der Waals surface area (Å²) >= 11 is 0. The van der Waals surface area contributed by atoms with Crippen molar-refractivity contribution in [2.24, 2.45) is 5.73 Å². The highest BCUT2D eigenvalue weighted by Crippen LogP contribution is 2.17. The van der Waals surface area contributed by atoms with Gasteiger partial charge in [-0.1, -0.05) is 6.07 Å². The normalized spacial score (nSPS) is 10.2. The average Bonchev–Trinajstić information content (AvgIpc) is 2.49. The van der Waals surface area contributed by atoms with Gasteiger partial charge in [0.15, 0.2) is 0 Å². The number of nitrogens with one attached hydrogen (secondary N) is 2. The summed E-state index contributed by atoms with van der Waals surface area (Å²) < 4.78 is 0. The molecule has 0 saturated heterocycles. The van der Waals surface area contributed by atoms with Gasteiger partial charge in [0, 0.05) is 24.2 Å². The monoisotopic (exact) mass is 321 g/mol. The number of carbonyl (C=O) groups excluding carboxylic acids is 2. The molecule has 0 heterocycles. The molecule has 0 aliphatic carbocycles. The predicted octanol–water partition coefficient (Wildman–Crippen LogP) is 1.27. The number of hydrogen-bond donors (Lipinski definition) is 4. The van der Waals surface area contributed by atoms with Crippen LogP contribution in [0.2, 0.25) is 0 Å². The van der Waals surface area contributed by atoms with Gasteiger partial charge in [0.05, 0.1) is 6.42 Å². The van der Waals surface area contributed by atoms with Gasteiger partial charge in [-0.15, -0.1) is 0 Å². The van der Waals surface area contributed by atoms with Crippen LogP contribution in [-0.4, -0.2) is 36.0 Å². The number of nitrogens with two attached hydrogens (primary N) is 1. The van der Waals surface area contributed by atoms with Crippen molar-refractivity contribution in [3.63, 3.8) is 0 Å². The third-order valence-electron chi connectivity index (χ3n) is 3.26. The minimum absolute atomic E-state index is 0.0584. The Bertz CT molecular complexity index is 572. The van der Waals surface area contributed by atoms with Crippen LogP contribution in [0.4, 0.5) is 5.69 Å². The smallest absolute Gasteiger partial charge is 0.305 e. The highest BCUT2D eigenvalue weighted by atomic mass is 16.4. The number of anilines is 1. The van der Waals surface area contributed by atoms with E-state index in [1.54, 1.807) is 18.2 Å². The van der Waals surface area contributed by atoms with E-state index in [2.05, 4.69) is 10.6 Å². The van der Waals surface area contributed by atoms with Gasteiger partial charge in [0.25, 0.3) is 5.91 Å². The van der Waals surface area contributed by atoms with Gasteiger partial charge < -0.3 is 21.5 Å². The van der Waals surface area contributed by atoms with Gasteiger partial charge in [0.2, 0.25) is 5.91 Å². The molecule has 23 heavy (non-hydrogen) atoms. The third kappa shape index (κ3) is 6.92. The zero-order valence-corrected chi connectivity index (χ0v) is 13.2. The maximum atomic E-state index is 12.0. The summed E-state index contributed by atoms with van der Waals surface area (Å²) in [7, 11) is 0. The highest BCUT2D eigenvalue weighted by Gasteiger charge is 2.10. The third-order valence-corrected chi connectivity index (χ3v) is 3.26. The summed E-state index contributed by atoms with van der Waals surface area (Å²) in [6.45, 7) is 2.45. The molecule has 0 aliphatic rings. The zero-order valence-electron chi connectivity index (χ0n) is 13.2. The number of amides is 2.